The SMILES string of the molecule is O=C(O)c1ccc(CN2CCN(c3ncccn3)CC2)cc1F. The molecule has 0 radical (unpaired) electrons. The Balaban J connectivity index is 1.59. The average molecular weight is 316 g/mol. The van der Waals surface area contributed by atoms with Crippen LogP contribution in [0.3, 0.4) is 0 Å². The standard InChI is InChI=1S/C16H17FN4O2/c17-14-10-12(2-3-13(14)15(22)23)11-20-6-8-21(9-7-20)16-18-4-1-5-19-16/h1-5,10H,6-9,11H2,(H,22,23). The van der Waals surface area contributed by atoms with Crippen LogP contribution in [0.5, 0.6) is 0 Å². The number of carboxylic acids is 1. The second-order valence-electron chi connectivity index (χ2n) is 5.43. The number of hydrogen-bond acceptors (Lipinski definition) is 5. The molecule has 0 saturated carbocycles. The van der Waals surface area contributed by atoms with Gasteiger partial charge in [-0.2, -0.15) is 0 Å². The van der Waals surface area contributed by atoms with E-state index in [2.05, 4.69) is 19.8 Å². The Hall–Kier alpha value is -2.54. The number of halogens is 1. The van der Waals surface area contributed by atoms with Crippen LogP contribution in [0.25, 0.3) is 0 Å². The van der Waals surface area contributed by atoms with Gasteiger partial charge in [0, 0.05) is 45.1 Å². The van der Waals surface area contributed by atoms with Gasteiger partial charge in [-0.1, -0.05) is 6.07 Å². The topological polar surface area (TPSA) is 69.6 Å². The monoisotopic (exact) mass is 316 g/mol. The van der Waals surface area contributed by atoms with Crippen LogP contribution in [0.15, 0.2) is 36.7 Å². The molecule has 0 atom stereocenters. The molecule has 1 fully saturated rings. The van der Waals surface area contributed by atoms with Gasteiger partial charge in [0.05, 0.1) is 5.56 Å². The predicted molar refractivity (Wildman–Crippen MR) is 82.9 cm³/mol. The van der Waals surface area contributed by atoms with Crippen molar-refractivity contribution in [1.82, 2.24) is 14.9 Å². The lowest BCUT2D eigenvalue weighted by atomic mass is 10.1. The molecule has 1 aromatic carbocycles. The maximum atomic E-state index is 13.7. The van der Waals surface area contributed by atoms with Crippen LogP contribution in [0.2, 0.25) is 0 Å². The van der Waals surface area contributed by atoms with Crippen molar-refractivity contribution >= 4 is 11.9 Å². The van der Waals surface area contributed by atoms with Crippen molar-refractivity contribution in [1.29, 1.82) is 0 Å². The molecule has 23 heavy (non-hydrogen) atoms. The highest BCUT2D eigenvalue weighted by Gasteiger charge is 2.19. The summed E-state index contributed by atoms with van der Waals surface area (Å²) in [4.78, 5) is 23.6. The van der Waals surface area contributed by atoms with Crippen molar-refractivity contribution in [2.75, 3.05) is 31.1 Å². The average Bonchev–Trinajstić information content (AvgIpc) is 2.56. The van der Waals surface area contributed by atoms with E-state index in [1.165, 1.54) is 12.1 Å². The van der Waals surface area contributed by atoms with Gasteiger partial charge in [-0.15, -0.1) is 0 Å². The number of aromatic nitrogens is 2. The van der Waals surface area contributed by atoms with Crippen LogP contribution in [0, 0.1) is 5.82 Å². The fraction of sp³-hybridized carbons (Fsp3) is 0.312. The second kappa shape index (κ2) is 6.70. The molecule has 6 nitrogen and oxygen atoms in total. The molecule has 1 N–H and O–H groups in total. The summed E-state index contributed by atoms with van der Waals surface area (Å²) in [6.45, 7) is 3.85. The molecular weight excluding hydrogens is 299 g/mol. The van der Waals surface area contributed by atoms with Crippen LogP contribution < -0.4 is 4.90 Å². The first-order valence-corrected chi connectivity index (χ1v) is 7.39. The van der Waals surface area contributed by atoms with E-state index in [-0.39, 0.29) is 5.56 Å². The molecule has 0 bridgehead atoms. The number of piperazine rings is 1. The van der Waals surface area contributed by atoms with Gasteiger partial charge < -0.3 is 10.0 Å². The zero-order valence-corrected chi connectivity index (χ0v) is 12.5. The van der Waals surface area contributed by atoms with Crippen LogP contribution in [-0.4, -0.2) is 52.1 Å². The minimum Gasteiger partial charge on any atom is -0.478 e. The van der Waals surface area contributed by atoms with Gasteiger partial charge >= 0.3 is 5.97 Å². The molecule has 2 aromatic rings. The summed E-state index contributed by atoms with van der Waals surface area (Å²) in [5.74, 6) is -1.21. The molecule has 0 amide bonds. The first-order valence-electron chi connectivity index (χ1n) is 7.39. The molecule has 120 valence electrons. The first-order chi connectivity index (χ1) is 11.1. The van der Waals surface area contributed by atoms with Crippen molar-refractivity contribution in [3.05, 3.63) is 53.6 Å². The Morgan fingerprint density at radius 2 is 1.87 bits per heavy atom. The van der Waals surface area contributed by atoms with Gasteiger partial charge in [0.15, 0.2) is 0 Å². The highest BCUT2D eigenvalue weighted by atomic mass is 19.1. The van der Waals surface area contributed by atoms with E-state index in [4.69, 9.17) is 5.11 Å². The van der Waals surface area contributed by atoms with Crippen molar-refractivity contribution in [2.24, 2.45) is 0 Å². The highest BCUT2D eigenvalue weighted by Crippen LogP contribution is 2.15. The van der Waals surface area contributed by atoms with E-state index in [1.807, 2.05) is 0 Å². The molecule has 1 saturated heterocycles. The van der Waals surface area contributed by atoms with Crippen molar-refractivity contribution in [3.8, 4) is 0 Å². The molecule has 1 aromatic heterocycles. The van der Waals surface area contributed by atoms with Crippen LogP contribution in [-0.2, 0) is 6.54 Å². The van der Waals surface area contributed by atoms with Crippen molar-refractivity contribution in [2.45, 2.75) is 6.54 Å². The number of carbonyl (C=O) groups is 1. The molecule has 0 aliphatic carbocycles. The Kier molecular flexibility index (Phi) is 4.47. The van der Waals surface area contributed by atoms with E-state index in [9.17, 15) is 9.18 Å². The zero-order valence-electron chi connectivity index (χ0n) is 12.5. The molecule has 0 unspecified atom stereocenters. The smallest absolute Gasteiger partial charge is 0.338 e. The summed E-state index contributed by atoms with van der Waals surface area (Å²) in [7, 11) is 0. The summed E-state index contributed by atoms with van der Waals surface area (Å²) in [5.41, 5.74) is 0.483. The number of benzene rings is 1. The highest BCUT2D eigenvalue weighted by molar-refractivity contribution is 5.87. The first kappa shape index (κ1) is 15.4. The van der Waals surface area contributed by atoms with E-state index in [0.717, 1.165) is 37.7 Å². The minimum absolute atomic E-state index is 0.292. The van der Waals surface area contributed by atoms with Gasteiger partial charge in [0.2, 0.25) is 5.95 Å². The third-order valence-corrected chi connectivity index (χ3v) is 3.88. The van der Waals surface area contributed by atoms with Gasteiger partial charge in [-0.05, 0) is 23.8 Å². The van der Waals surface area contributed by atoms with Crippen LogP contribution >= 0.6 is 0 Å². The van der Waals surface area contributed by atoms with Crippen molar-refractivity contribution < 1.29 is 14.3 Å². The summed E-state index contributed by atoms with van der Waals surface area (Å²) in [6, 6.07) is 6.07. The number of aromatic carboxylic acids is 1. The molecule has 7 heteroatoms. The van der Waals surface area contributed by atoms with Gasteiger partial charge in [0.1, 0.15) is 5.82 Å². The lowest BCUT2D eigenvalue weighted by Gasteiger charge is -2.34. The van der Waals surface area contributed by atoms with Crippen LogP contribution in [0.4, 0.5) is 10.3 Å². The fourth-order valence-corrected chi connectivity index (χ4v) is 2.65. The fourth-order valence-electron chi connectivity index (χ4n) is 2.65. The Bertz CT molecular complexity index is 688. The molecular formula is C16H17FN4O2. The predicted octanol–water partition coefficient (Wildman–Crippen LogP) is 1.64. The third-order valence-electron chi connectivity index (χ3n) is 3.88. The largest absolute Gasteiger partial charge is 0.478 e. The second-order valence-corrected chi connectivity index (χ2v) is 5.43. The summed E-state index contributed by atoms with van der Waals surface area (Å²) in [6.07, 6.45) is 3.45. The van der Waals surface area contributed by atoms with Crippen LogP contribution in [0.1, 0.15) is 15.9 Å². The van der Waals surface area contributed by atoms with Gasteiger partial charge in [-0.25, -0.2) is 19.2 Å². The number of rotatable bonds is 4. The Morgan fingerprint density at radius 3 is 2.48 bits per heavy atom. The van der Waals surface area contributed by atoms with E-state index < -0.39 is 11.8 Å². The molecule has 3 rings (SSSR count). The normalized spacial score (nSPS) is 15.6. The molecule has 1 aliphatic heterocycles. The molecule has 0 spiro atoms. The summed E-state index contributed by atoms with van der Waals surface area (Å²) in [5, 5.41) is 8.85. The Morgan fingerprint density at radius 1 is 1.17 bits per heavy atom. The van der Waals surface area contributed by atoms with E-state index in [1.54, 1.807) is 24.5 Å². The summed E-state index contributed by atoms with van der Waals surface area (Å²) >= 11 is 0. The third kappa shape index (κ3) is 3.62. The number of carboxylic acid groups (broad SMARTS) is 1. The van der Waals surface area contributed by atoms with Gasteiger partial charge in [0.25, 0.3) is 0 Å². The van der Waals surface area contributed by atoms with Crippen molar-refractivity contribution in [3.63, 3.8) is 0 Å². The Labute approximate surface area is 133 Å². The zero-order chi connectivity index (χ0) is 16.2. The molecule has 1 aliphatic rings. The minimum atomic E-state index is -1.24. The van der Waals surface area contributed by atoms with Gasteiger partial charge in [-0.3, -0.25) is 4.90 Å². The lowest BCUT2D eigenvalue weighted by Crippen LogP contribution is -2.46. The maximum Gasteiger partial charge on any atom is 0.338 e. The number of nitrogens with zero attached hydrogens (tertiary/aromatic N) is 4. The number of hydrogen-bond donors (Lipinski definition) is 1. The van der Waals surface area contributed by atoms with E-state index in [0.29, 0.717) is 6.54 Å². The maximum absolute atomic E-state index is 13.7. The summed E-state index contributed by atoms with van der Waals surface area (Å²) < 4.78 is 13.7. The number of anilines is 1. The molecule has 2 heterocycles. The quantitative estimate of drug-likeness (QED) is 0.925. The lowest BCUT2D eigenvalue weighted by molar-refractivity contribution is 0.0692. The van der Waals surface area contributed by atoms with E-state index >= 15 is 0 Å².